The van der Waals surface area contributed by atoms with Gasteiger partial charge in [0.1, 0.15) is 17.6 Å². The smallest absolute Gasteiger partial charge is 0.320 e. The molecule has 0 saturated carbocycles. The van der Waals surface area contributed by atoms with Crippen molar-refractivity contribution in [2.75, 3.05) is 56.6 Å². The van der Waals surface area contributed by atoms with E-state index in [9.17, 15) is 24.0 Å². The van der Waals surface area contributed by atoms with Crippen LogP contribution in [0.5, 0.6) is 5.75 Å². The predicted molar refractivity (Wildman–Crippen MR) is 213 cm³/mol. The molecule has 1 aromatic heterocycles. The number of rotatable bonds is 15. The van der Waals surface area contributed by atoms with Gasteiger partial charge in [0.05, 0.1) is 18.8 Å². The number of hydrogen-bond acceptors (Lipinski definition) is 10. The van der Waals surface area contributed by atoms with Gasteiger partial charge in [0, 0.05) is 69.7 Å². The predicted octanol–water partition coefficient (Wildman–Crippen LogP) is 3.31. The number of carbonyl (C=O) groups is 5. The zero-order valence-electron chi connectivity index (χ0n) is 32.3. The first-order valence-electron chi connectivity index (χ1n) is 19.7. The van der Waals surface area contributed by atoms with E-state index >= 15 is 0 Å². The highest BCUT2D eigenvalue weighted by molar-refractivity contribution is 6.02. The second-order valence-electron chi connectivity index (χ2n) is 15.0. The Morgan fingerprint density at radius 2 is 1.86 bits per heavy atom. The molecule has 4 aliphatic rings. The van der Waals surface area contributed by atoms with E-state index in [4.69, 9.17) is 15.5 Å². The van der Waals surface area contributed by atoms with Crippen molar-refractivity contribution in [1.82, 2.24) is 35.3 Å². The summed E-state index contributed by atoms with van der Waals surface area (Å²) in [6.45, 7) is 7.89. The van der Waals surface area contributed by atoms with Crippen molar-refractivity contribution in [2.24, 2.45) is 5.73 Å². The first-order chi connectivity index (χ1) is 27.5. The summed E-state index contributed by atoms with van der Waals surface area (Å²) < 4.78 is 5.89. The third-order valence-corrected chi connectivity index (χ3v) is 11.1. The molecule has 16 nitrogen and oxygen atoms in total. The van der Waals surface area contributed by atoms with Crippen LogP contribution in [0.3, 0.4) is 0 Å². The highest BCUT2D eigenvalue weighted by Gasteiger charge is 2.39. The van der Waals surface area contributed by atoms with E-state index in [1.165, 1.54) is 0 Å². The zero-order valence-corrected chi connectivity index (χ0v) is 32.3. The summed E-state index contributed by atoms with van der Waals surface area (Å²) in [7, 11) is 1.82. The number of nitrogens with zero attached hydrogens (tertiary/aromatic N) is 6. The summed E-state index contributed by atoms with van der Waals surface area (Å²) in [5.74, 6) is 0.423. The van der Waals surface area contributed by atoms with Gasteiger partial charge in [-0.3, -0.25) is 19.2 Å². The van der Waals surface area contributed by atoms with E-state index in [1.54, 1.807) is 28.1 Å². The standard InChI is InChI=1S/C41H50N10O6/c1-26-12-17-33(39(54)45-26)51-25-32-27(7-3-10-31(32)40(51)55)8-4-11-35(52)43-18-6-22-57-30-15-13-28(14-16-30)46-38-36(37(42)53)44-23-34(47-38)49-19-5-9-29(24-49)50-21-20-48(2)41(50)56/h3,7,10,13-16,23,29,33H,1,4-6,8-9,11-12,17-22,24-25H2,2H3,(H2,42,53)(H,43,52)(H,45,54)(H,46,47)/t29-,33?/m1/s1. The van der Waals surface area contributed by atoms with Crippen LogP contribution in [0.2, 0.25) is 0 Å². The molecular weight excluding hydrogens is 729 g/mol. The van der Waals surface area contributed by atoms with Gasteiger partial charge in [-0.2, -0.15) is 0 Å². The number of primary amides is 1. The molecule has 3 fully saturated rings. The van der Waals surface area contributed by atoms with Crippen molar-refractivity contribution in [2.45, 2.75) is 70.0 Å². The molecule has 1 unspecified atom stereocenters. The number of fused-ring (bicyclic) bond motifs is 1. The zero-order chi connectivity index (χ0) is 40.1. The Morgan fingerprint density at radius 1 is 1.04 bits per heavy atom. The van der Waals surface area contributed by atoms with Crippen LogP contribution < -0.4 is 31.3 Å². The van der Waals surface area contributed by atoms with Crippen molar-refractivity contribution in [3.8, 4) is 5.75 Å². The SMILES string of the molecule is C=C1CCC(N2Cc3c(CCCC(=O)NCCCOc4ccc(Nc5nc(N6CCC[C@@H](N7CCN(C)C7=O)C6)cnc5C(N)=O)cc4)cccc3C2=O)C(=O)N1. The molecule has 5 N–H and O–H groups in total. The van der Waals surface area contributed by atoms with E-state index in [0.29, 0.717) is 106 Å². The summed E-state index contributed by atoms with van der Waals surface area (Å²) in [5, 5.41) is 8.91. The van der Waals surface area contributed by atoms with E-state index in [2.05, 4.69) is 32.4 Å². The van der Waals surface area contributed by atoms with E-state index < -0.39 is 11.9 Å². The highest BCUT2D eigenvalue weighted by atomic mass is 16.5. The van der Waals surface area contributed by atoms with Crippen LogP contribution in [0.1, 0.15) is 76.9 Å². The minimum Gasteiger partial charge on any atom is -0.494 e. The number of aromatic nitrogens is 2. The molecular formula is C41H50N10O6. The molecule has 3 aromatic rings. The molecule has 57 heavy (non-hydrogen) atoms. The fourth-order valence-corrected chi connectivity index (χ4v) is 7.98. The minimum atomic E-state index is -0.700. The number of allylic oxidation sites excluding steroid dienone is 1. The lowest BCUT2D eigenvalue weighted by atomic mass is 9.98. The largest absolute Gasteiger partial charge is 0.494 e. The van der Waals surface area contributed by atoms with Gasteiger partial charge in [0.25, 0.3) is 11.8 Å². The number of nitrogens with two attached hydrogens (primary N) is 1. The minimum absolute atomic E-state index is 0.0244. The average molecular weight is 779 g/mol. The maximum atomic E-state index is 13.2. The maximum absolute atomic E-state index is 13.2. The lowest BCUT2D eigenvalue weighted by molar-refractivity contribution is -0.126. The quantitative estimate of drug-likeness (QED) is 0.166. The van der Waals surface area contributed by atoms with Gasteiger partial charge >= 0.3 is 6.03 Å². The first-order valence-corrected chi connectivity index (χ1v) is 19.7. The Kier molecular flexibility index (Phi) is 11.9. The Morgan fingerprint density at radius 3 is 2.61 bits per heavy atom. The van der Waals surface area contributed by atoms with Gasteiger partial charge < -0.3 is 46.0 Å². The lowest BCUT2D eigenvalue weighted by Crippen LogP contribution is -2.49. The van der Waals surface area contributed by atoms with E-state index in [-0.39, 0.29) is 41.3 Å². The number of nitrogens with one attached hydrogen (secondary N) is 3. The number of piperidine rings is 2. The number of benzene rings is 2. The normalized spacial score (nSPS) is 19.5. The first kappa shape index (κ1) is 39.1. The van der Waals surface area contributed by atoms with Crippen LogP contribution in [0, 0.1) is 0 Å². The molecule has 6 amide bonds. The van der Waals surface area contributed by atoms with Crippen molar-refractivity contribution >= 4 is 47.0 Å². The Bertz CT molecular complexity index is 2040. The third kappa shape index (κ3) is 8.95. The van der Waals surface area contributed by atoms with Gasteiger partial charge in [-0.1, -0.05) is 18.7 Å². The summed E-state index contributed by atoms with van der Waals surface area (Å²) in [6.07, 6.45) is 6.83. The van der Waals surface area contributed by atoms with Gasteiger partial charge in [-0.15, -0.1) is 0 Å². The Hall–Kier alpha value is -6.19. The molecule has 16 heteroatoms. The Balaban J connectivity index is 0.835. The molecule has 7 rings (SSSR count). The van der Waals surface area contributed by atoms with Crippen LogP contribution >= 0.6 is 0 Å². The van der Waals surface area contributed by atoms with Crippen LogP contribution in [0.15, 0.2) is 60.9 Å². The molecule has 0 spiro atoms. The fourth-order valence-electron chi connectivity index (χ4n) is 7.98. The van der Waals surface area contributed by atoms with Crippen LogP contribution in [-0.2, 0) is 22.6 Å². The van der Waals surface area contributed by atoms with Gasteiger partial charge in [-0.25, -0.2) is 14.8 Å². The van der Waals surface area contributed by atoms with E-state index in [0.717, 1.165) is 30.5 Å². The number of carbonyl (C=O) groups excluding carboxylic acids is 5. The molecule has 2 aromatic carbocycles. The molecule has 0 radical (unpaired) electrons. The molecule has 2 atom stereocenters. The second kappa shape index (κ2) is 17.3. The summed E-state index contributed by atoms with van der Waals surface area (Å²) in [6, 6.07) is 12.5. The van der Waals surface area contributed by atoms with Crippen molar-refractivity contribution in [3.05, 3.63) is 83.3 Å². The fraction of sp³-hybridized carbons (Fsp3) is 0.439. The number of anilines is 3. The van der Waals surface area contributed by atoms with Crippen LogP contribution in [0.4, 0.5) is 22.1 Å². The Labute approximate surface area is 331 Å². The molecule has 3 saturated heterocycles. The van der Waals surface area contributed by atoms with Crippen molar-refractivity contribution < 1.29 is 28.7 Å². The number of likely N-dealkylation sites (N-methyl/N-ethyl adjacent to an activating group) is 1. The molecule has 0 aliphatic carbocycles. The van der Waals surface area contributed by atoms with Crippen LogP contribution in [-0.4, -0.2) is 113 Å². The third-order valence-electron chi connectivity index (χ3n) is 11.1. The highest BCUT2D eigenvalue weighted by Crippen LogP contribution is 2.32. The number of aryl methyl sites for hydroxylation is 1. The second-order valence-corrected chi connectivity index (χ2v) is 15.0. The monoisotopic (exact) mass is 778 g/mol. The number of hydrogen-bond donors (Lipinski definition) is 4. The summed E-state index contributed by atoms with van der Waals surface area (Å²) in [4.78, 5) is 79.6. The van der Waals surface area contributed by atoms with E-state index in [1.807, 2.05) is 42.3 Å². The van der Waals surface area contributed by atoms with Gasteiger partial charge in [0.2, 0.25) is 11.8 Å². The summed E-state index contributed by atoms with van der Waals surface area (Å²) >= 11 is 0. The number of amides is 6. The van der Waals surface area contributed by atoms with Gasteiger partial charge in [0.15, 0.2) is 11.5 Å². The summed E-state index contributed by atoms with van der Waals surface area (Å²) in [5.41, 5.74) is 9.60. The molecule has 5 heterocycles. The lowest BCUT2D eigenvalue weighted by Gasteiger charge is -2.37. The number of ether oxygens (including phenoxy) is 1. The van der Waals surface area contributed by atoms with Crippen molar-refractivity contribution in [3.63, 3.8) is 0 Å². The molecule has 300 valence electrons. The molecule has 4 aliphatic heterocycles. The topological polar surface area (TPSA) is 195 Å². The van der Waals surface area contributed by atoms with Crippen LogP contribution in [0.25, 0.3) is 0 Å². The molecule has 0 bridgehead atoms. The van der Waals surface area contributed by atoms with Crippen molar-refractivity contribution in [1.29, 1.82) is 0 Å². The maximum Gasteiger partial charge on any atom is 0.320 e. The number of urea groups is 1. The average Bonchev–Trinajstić information content (AvgIpc) is 3.72. The van der Waals surface area contributed by atoms with Gasteiger partial charge in [-0.05, 0) is 86.4 Å².